The van der Waals surface area contributed by atoms with E-state index in [9.17, 15) is 4.79 Å². The molecule has 8 heteroatoms. The number of aromatic nitrogens is 2. The Morgan fingerprint density at radius 1 is 1.15 bits per heavy atom. The summed E-state index contributed by atoms with van der Waals surface area (Å²) >= 11 is 0. The van der Waals surface area contributed by atoms with Crippen molar-refractivity contribution in [3.8, 4) is 11.5 Å². The van der Waals surface area contributed by atoms with E-state index >= 15 is 0 Å². The summed E-state index contributed by atoms with van der Waals surface area (Å²) in [6, 6.07) is 6.96. The Bertz CT molecular complexity index is 836. The van der Waals surface area contributed by atoms with Crippen molar-refractivity contribution in [2.45, 2.75) is 25.9 Å². The number of amides is 1. The molecule has 142 valence electrons. The maximum atomic E-state index is 12.6. The Morgan fingerprint density at radius 2 is 2.00 bits per heavy atom. The lowest BCUT2D eigenvalue weighted by Gasteiger charge is -2.19. The van der Waals surface area contributed by atoms with Gasteiger partial charge in [-0.05, 0) is 38.0 Å². The summed E-state index contributed by atoms with van der Waals surface area (Å²) in [5, 5.41) is 6.01. The van der Waals surface area contributed by atoms with E-state index in [1.54, 1.807) is 24.3 Å². The molecule has 0 spiro atoms. The van der Waals surface area contributed by atoms with Gasteiger partial charge in [0.25, 0.3) is 5.91 Å². The smallest absolute Gasteiger partial charge is 0.274 e. The number of carbonyl (C=O) groups excluding carboxylic acids is 1. The van der Waals surface area contributed by atoms with E-state index in [2.05, 4.69) is 20.6 Å². The molecule has 0 saturated carbocycles. The SMILES string of the molecule is Cc1cc(C(=O)Nc2ccc3c(c2)OCCO3)nc(NCC2CCCO2)n1. The van der Waals surface area contributed by atoms with Gasteiger partial charge in [0.05, 0.1) is 6.10 Å². The first-order chi connectivity index (χ1) is 13.2. The van der Waals surface area contributed by atoms with Crippen LogP contribution in [0.2, 0.25) is 0 Å². The molecule has 1 aromatic carbocycles. The normalized spacial score (nSPS) is 18.2. The number of benzene rings is 1. The van der Waals surface area contributed by atoms with Crippen LogP contribution in [0.15, 0.2) is 24.3 Å². The van der Waals surface area contributed by atoms with E-state index in [4.69, 9.17) is 14.2 Å². The predicted molar refractivity (Wildman–Crippen MR) is 99.6 cm³/mol. The maximum absolute atomic E-state index is 12.6. The minimum Gasteiger partial charge on any atom is -0.486 e. The monoisotopic (exact) mass is 370 g/mol. The lowest BCUT2D eigenvalue weighted by Crippen LogP contribution is -2.21. The summed E-state index contributed by atoms with van der Waals surface area (Å²) < 4.78 is 16.6. The summed E-state index contributed by atoms with van der Waals surface area (Å²) in [7, 11) is 0. The van der Waals surface area contributed by atoms with Gasteiger partial charge in [-0.1, -0.05) is 0 Å². The minimum absolute atomic E-state index is 0.170. The highest BCUT2D eigenvalue weighted by Crippen LogP contribution is 2.32. The van der Waals surface area contributed by atoms with E-state index in [-0.39, 0.29) is 12.0 Å². The average molecular weight is 370 g/mol. The van der Waals surface area contributed by atoms with E-state index < -0.39 is 0 Å². The number of fused-ring (bicyclic) bond motifs is 1. The molecule has 1 unspecified atom stereocenters. The number of anilines is 2. The van der Waals surface area contributed by atoms with Crippen molar-refractivity contribution in [1.29, 1.82) is 0 Å². The second-order valence-electron chi connectivity index (χ2n) is 6.55. The van der Waals surface area contributed by atoms with Crippen LogP contribution < -0.4 is 20.1 Å². The van der Waals surface area contributed by atoms with Crippen molar-refractivity contribution in [2.75, 3.05) is 37.0 Å². The topological polar surface area (TPSA) is 94.6 Å². The Labute approximate surface area is 157 Å². The second kappa shape index (κ2) is 7.79. The van der Waals surface area contributed by atoms with Crippen LogP contribution in [0.1, 0.15) is 29.0 Å². The van der Waals surface area contributed by atoms with Crippen molar-refractivity contribution < 1.29 is 19.0 Å². The van der Waals surface area contributed by atoms with Gasteiger partial charge in [0.2, 0.25) is 5.95 Å². The van der Waals surface area contributed by atoms with Gasteiger partial charge in [-0.15, -0.1) is 0 Å². The van der Waals surface area contributed by atoms with Crippen molar-refractivity contribution >= 4 is 17.5 Å². The number of nitrogens with one attached hydrogen (secondary N) is 2. The first-order valence-electron chi connectivity index (χ1n) is 9.09. The minimum atomic E-state index is -0.308. The quantitative estimate of drug-likeness (QED) is 0.834. The van der Waals surface area contributed by atoms with Gasteiger partial charge in [0.1, 0.15) is 18.9 Å². The Hall–Kier alpha value is -2.87. The zero-order valence-corrected chi connectivity index (χ0v) is 15.2. The summed E-state index contributed by atoms with van der Waals surface area (Å²) in [5.74, 6) is 1.42. The molecule has 3 heterocycles. The van der Waals surface area contributed by atoms with Gasteiger partial charge in [0.15, 0.2) is 11.5 Å². The van der Waals surface area contributed by atoms with Gasteiger partial charge in [-0.2, -0.15) is 0 Å². The first-order valence-corrected chi connectivity index (χ1v) is 9.09. The third-order valence-corrected chi connectivity index (χ3v) is 4.40. The number of nitrogens with zero attached hydrogens (tertiary/aromatic N) is 2. The summed E-state index contributed by atoms with van der Waals surface area (Å²) in [4.78, 5) is 21.3. The van der Waals surface area contributed by atoms with Crippen LogP contribution in [0, 0.1) is 6.92 Å². The molecular weight excluding hydrogens is 348 g/mol. The molecule has 8 nitrogen and oxygen atoms in total. The number of hydrogen-bond acceptors (Lipinski definition) is 7. The van der Waals surface area contributed by atoms with Crippen LogP contribution in [-0.4, -0.2) is 48.3 Å². The predicted octanol–water partition coefficient (Wildman–Crippen LogP) is 2.40. The fourth-order valence-electron chi connectivity index (χ4n) is 3.09. The number of hydrogen-bond donors (Lipinski definition) is 2. The van der Waals surface area contributed by atoms with Crippen molar-refractivity contribution in [2.24, 2.45) is 0 Å². The van der Waals surface area contributed by atoms with E-state index in [0.717, 1.165) is 19.4 Å². The molecule has 1 saturated heterocycles. The van der Waals surface area contributed by atoms with Gasteiger partial charge in [-0.25, -0.2) is 9.97 Å². The molecule has 1 fully saturated rings. The summed E-state index contributed by atoms with van der Waals surface area (Å²) in [6.07, 6.45) is 2.27. The molecular formula is C19H22N4O4. The number of aryl methyl sites for hydroxylation is 1. The average Bonchev–Trinajstić information content (AvgIpc) is 3.19. The molecule has 0 aliphatic carbocycles. The number of rotatable bonds is 5. The van der Waals surface area contributed by atoms with Crippen LogP contribution in [0.5, 0.6) is 11.5 Å². The molecule has 1 aromatic heterocycles. The molecule has 2 aliphatic rings. The Balaban J connectivity index is 1.44. The molecule has 4 rings (SSSR count). The zero-order valence-electron chi connectivity index (χ0n) is 15.2. The number of ether oxygens (including phenoxy) is 3. The molecule has 0 radical (unpaired) electrons. The molecule has 2 aliphatic heterocycles. The molecule has 27 heavy (non-hydrogen) atoms. The fourth-order valence-corrected chi connectivity index (χ4v) is 3.09. The Morgan fingerprint density at radius 3 is 2.81 bits per heavy atom. The molecule has 1 amide bonds. The molecule has 1 atom stereocenters. The third-order valence-electron chi connectivity index (χ3n) is 4.40. The molecule has 2 N–H and O–H groups in total. The van der Waals surface area contributed by atoms with Crippen molar-refractivity contribution in [1.82, 2.24) is 9.97 Å². The van der Waals surface area contributed by atoms with Crippen LogP contribution in [0.4, 0.5) is 11.6 Å². The largest absolute Gasteiger partial charge is 0.486 e. The van der Waals surface area contributed by atoms with E-state index in [1.807, 2.05) is 6.92 Å². The highest BCUT2D eigenvalue weighted by molar-refractivity contribution is 6.03. The van der Waals surface area contributed by atoms with Gasteiger partial charge in [-0.3, -0.25) is 4.79 Å². The third kappa shape index (κ3) is 4.28. The van der Waals surface area contributed by atoms with E-state index in [0.29, 0.717) is 54.3 Å². The van der Waals surface area contributed by atoms with E-state index in [1.165, 1.54) is 0 Å². The highest BCUT2D eigenvalue weighted by Gasteiger charge is 2.17. The van der Waals surface area contributed by atoms with Crippen molar-refractivity contribution in [3.63, 3.8) is 0 Å². The van der Waals surface area contributed by atoms with Crippen LogP contribution in [0.3, 0.4) is 0 Å². The first kappa shape index (κ1) is 17.5. The van der Waals surface area contributed by atoms with Crippen molar-refractivity contribution in [3.05, 3.63) is 35.7 Å². The summed E-state index contributed by atoms with van der Waals surface area (Å²) in [5.41, 5.74) is 1.63. The molecule has 0 bridgehead atoms. The standard InChI is InChI=1S/C19H22N4O4/c1-12-9-15(23-19(21-12)20-11-14-3-2-6-25-14)18(24)22-13-4-5-16-17(10-13)27-8-7-26-16/h4-5,9-10,14H,2-3,6-8,11H2,1H3,(H,22,24)(H,20,21,23). The lowest BCUT2D eigenvalue weighted by atomic mass is 10.2. The van der Waals surface area contributed by atoms with Gasteiger partial charge in [0, 0.05) is 30.6 Å². The summed E-state index contributed by atoms with van der Waals surface area (Å²) in [6.45, 7) is 4.28. The second-order valence-corrected chi connectivity index (χ2v) is 6.55. The Kier molecular flexibility index (Phi) is 5.06. The lowest BCUT2D eigenvalue weighted by molar-refractivity contribution is 0.102. The maximum Gasteiger partial charge on any atom is 0.274 e. The van der Waals surface area contributed by atoms with Crippen LogP contribution in [0.25, 0.3) is 0 Å². The van der Waals surface area contributed by atoms with Gasteiger partial charge < -0.3 is 24.8 Å². The zero-order chi connectivity index (χ0) is 18.6. The van der Waals surface area contributed by atoms with Crippen LogP contribution in [-0.2, 0) is 4.74 Å². The van der Waals surface area contributed by atoms with Gasteiger partial charge >= 0.3 is 0 Å². The number of carbonyl (C=O) groups is 1. The fraction of sp³-hybridized carbons (Fsp3) is 0.421. The molecule has 2 aromatic rings. The van der Waals surface area contributed by atoms with Crippen LogP contribution >= 0.6 is 0 Å². The highest BCUT2D eigenvalue weighted by atomic mass is 16.6.